The van der Waals surface area contributed by atoms with Gasteiger partial charge in [0.25, 0.3) is 5.95 Å². The van der Waals surface area contributed by atoms with Crippen molar-refractivity contribution >= 4 is 0 Å². The normalized spacial score (nSPS) is 24.3. The zero-order chi connectivity index (χ0) is 7.23. The first-order valence-electron chi connectivity index (χ1n) is 1.87. The van der Waals surface area contributed by atoms with Gasteiger partial charge in [0, 0.05) is 0 Å². The van der Waals surface area contributed by atoms with Gasteiger partial charge in [-0.2, -0.15) is 17.6 Å². The molecule has 1 nitrogen and oxygen atoms in total. The summed E-state index contributed by atoms with van der Waals surface area (Å²) in [6, 6.07) is -4.38. The van der Waals surface area contributed by atoms with Gasteiger partial charge in [0.05, 0.1) is 0 Å². The lowest BCUT2D eigenvalue weighted by Crippen LogP contribution is -2.44. The van der Waals surface area contributed by atoms with Crippen molar-refractivity contribution in [3.63, 3.8) is 0 Å². The number of rotatable bonds is 0. The van der Waals surface area contributed by atoms with E-state index in [0.29, 0.717) is 0 Å². The Bertz CT molecular complexity index is 173. The molecule has 0 N–H and O–H groups in total. The summed E-state index contributed by atoms with van der Waals surface area (Å²) in [5.41, 5.74) is 0. The lowest BCUT2D eigenvalue weighted by Gasteiger charge is -2.28. The van der Waals surface area contributed by atoms with E-state index in [1.807, 2.05) is 0 Å². The largest absolute Gasteiger partial charge is 0.410 e. The van der Waals surface area contributed by atoms with Crippen LogP contribution in [0.3, 0.4) is 0 Å². The molecule has 52 valence electrons. The van der Waals surface area contributed by atoms with Crippen LogP contribution in [0.15, 0.2) is 11.8 Å². The van der Waals surface area contributed by atoms with Crippen LogP contribution in [0, 0.1) is 0 Å². The molecule has 1 heterocycles. The Hall–Kier alpha value is -0.810. The van der Waals surface area contributed by atoms with E-state index in [1.165, 1.54) is 0 Å². The Balaban J connectivity index is 2.92. The Labute approximate surface area is 46.3 Å². The second kappa shape index (κ2) is 1.37. The Kier molecular flexibility index (Phi) is 0.960. The molecule has 0 saturated carbocycles. The van der Waals surface area contributed by atoms with Gasteiger partial charge in [0.15, 0.2) is 0 Å². The fraction of sp³-hybridized carbons (Fsp3) is 0.333. The van der Waals surface area contributed by atoms with E-state index in [1.54, 1.807) is 0 Å². The van der Waals surface area contributed by atoms with E-state index in [4.69, 9.17) is 0 Å². The van der Waals surface area contributed by atoms with Gasteiger partial charge < -0.3 is 0 Å². The summed E-state index contributed by atoms with van der Waals surface area (Å²) in [6.07, 6.45) is 0. The van der Waals surface area contributed by atoms with Crippen LogP contribution in [0.4, 0.5) is 22.0 Å². The number of nitrogens with zero attached hydrogens (tertiary/aromatic N) is 1. The van der Waals surface area contributed by atoms with E-state index in [0.717, 1.165) is 0 Å². The molecule has 0 fully saturated rings. The molecule has 6 heteroatoms. The summed E-state index contributed by atoms with van der Waals surface area (Å²) < 4.78 is 57.0. The number of halogens is 5. The molecule has 0 aliphatic carbocycles. The summed E-state index contributed by atoms with van der Waals surface area (Å²) in [6.45, 7) is 0. The summed E-state index contributed by atoms with van der Waals surface area (Å²) in [7, 11) is 0. The van der Waals surface area contributed by atoms with Crippen LogP contribution in [0.25, 0.3) is 0 Å². The highest BCUT2D eigenvalue weighted by Crippen LogP contribution is 2.44. The second-order valence-corrected chi connectivity index (χ2v) is 1.43. The van der Waals surface area contributed by atoms with Gasteiger partial charge in [-0.05, 0) is 0 Å². The van der Waals surface area contributed by atoms with Crippen molar-refractivity contribution < 1.29 is 22.0 Å². The Morgan fingerprint density at radius 3 is 1.78 bits per heavy atom. The van der Waals surface area contributed by atoms with Crippen molar-refractivity contribution in [3.8, 4) is 0 Å². The molecule has 9 heavy (non-hydrogen) atoms. The van der Waals surface area contributed by atoms with E-state index in [-0.39, 0.29) is 0 Å². The van der Waals surface area contributed by atoms with Crippen LogP contribution in [0.2, 0.25) is 0 Å². The first kappa shape index (κ1) is 6.31. The third kappa shape index (κ3) is 0.526. The van der Waals surface area contributed by atoms with Crippen LogP contribution < -0.4 is 0 Å². The summed E-state index contributed by atoms with van der Waals surface area (Å²) in [4.78, 5) is 0. The molecule has 0 radical (unpaired) electrons. The monoisotopic (exact) mass is 145 g/mol. The molecule has 0 bridgehead atoms. The van der Waals surface area contributed by atoms with Gasteiger partial charge in [-0.3, -0.25) is 0 Å². The molecule has 0 atom stereocenters. The van der Waals surface area contributed by atoms with Crippen molar-refractivity contribution in [3.05, 3.63) is 11.8 Å². The first-order chi connectivity index (χ1) is 3.98. The maximum atomic E-state index is 11.5. The zero-order valence-electron chi connectivity index (χ0n) is 3.84. The van der Waals surface area contributed by atoms with Gasteiger partial charge in [0.1, 0.15) is 0 Å². The minimum absolute atomic E-state index is 1.57. The predicted octanol–water partition coefficient (Wildman–Crippen LogP) is 1.89. The average molecular weight is 145 g/mol. The highest BCUT2D eigenvalue weighted by Gasteiger charge is 2.58. The van der Waals surface area contributed by atoms with Crippen molar-refractivity contribution in [2.24, 2.45) is 0 Å². The predicted molar refractivity (Wildman–Crippen MR) is 17.1 cm³/mol. The van der Waals surface area contributed by atoms with Gasteiger partial charge in [-0.25, -0.2) is 0 Å². The lowest BCUT2D eigenvalue weighted by atomic mass is 10.3. The third-order valence-electron chi connectivity index (χ3n) is 0.864. The van der Waals surface area contributed by atoms with Crippen molar-refractivity contribution in [2.75, 3.05) is 0 Å². The Morgan fingerprint density at radius 2 is 1.67 bits per heavy atom. The summed E-state index contributed by atoms with van der Waals surface area (Å²) in [5.74, 6) is -4.51. The van der Waals surface area contributed by atoms with Crippen molar-refractivity contribution in [2.45, 2.75) is 6.05 Å². The molecule has 0 aromatic rings. The van der Waals surface area contributed by atoms with Crippen molar-refractivity contribution in [1.29, 1.82) is 0 Å². The molecule has 1 rings (SSSR count). The molecule has 0 aromatic heterocycles. The maximum Gasteiger partial charge on any atom is 0.410 e. The molecule has 0 aromatic carbocycles. The number of hydrogen-bond donors (Lipinski definition) is 0. The molecule has 0 amide bonds. The van der Waals surface area contributed by atoms with E-state index in [2.05, 4.69) is 0 Å². The van der Waals surface area contributed by atoms with Gasteiger partial charge in [-0.1, -0.05) is 4.48 Å². The van der Waals surface area contributed by atoms with E-state index >= 15 is 0 Å². The number of hydrogen-bond acceptors (Lipinski definition) is 1. The molecule has 1 aliphatic rings. The number of alkyl halides is 2. The van der Waals surface area contributed by atoms with E-state index < -0.39 is 22.9 Å². The quantitative estimate of drug-likeness (QED) is 0.286. The molecule has 0 spiro atoms. The third-order valence-corrected chi connectivity index (χ3v) is 0.864. The highest BCUT2D eigenvalue weighted by molar-refractivity contribution is 5.18. The SMILES string of the molecule is FC1=C(F)C(F)(F)N1F. The topological polar surface area (TPSA) is 3.24 Å². The molecule has 0 unspecified atom stereocenters. The molecular formula is C3F5N. The Morgan fingerprint density at radius 1 is 1.22 bits per heavy atom. The maximum absolute atomic E-state index is 11.5. The van der Waals surface area contributed by atoms with Gasteiger partial charge in [-0.15, -0.1) is 5.12 Å². The van der Waals surface area contributed by atoms with Crippen LogP contribution >= 0.6 is 0 Å². The fourth-order valence-corrected chi connectivity index (χ4v) is 0.367. The summed E-state index contributed by atoms with van der Waals surface area (Å²) in [5, 5.41) is -1.57. The second-order valence-electron chi connectivity index (χ2n) is 1.43. The fourth-order valence-electron chi connectivity index (χ4n) is 0.367. The van der Waals surface area contributed by atoms with Crippen LogP contribution in [0.1, 0.15) is 0 Å². The van der Waals surface area contributed by atoms with E-state index in [9.17, 15) is 22.0 Å². The molecular weight excluding hydrogens is 145 g/mol. The molecule has 0 saturated heterocycles. The van der Waals surface area contributed by atoms with Crippen LogP contribution in [-0.2, 0) is 0 Å². The average Bonchev–Trinajstić information content (AvgIpc) is 1.84. The smallest absolute Gasteiger partial charge is 0.198 e. The van der Waals surface area contributed by atoms with Gasteiger partial charge >= 0.3 is 6.05 Å². The standard InChI is InChI=1S/C3F5N/c4-1-2(5)9(8)3(1,6)7. The molecule has 1 aliphatic heterocycles. The van der Waals surface area contributed by atoms with Crippen LogP contribution in [-0.4, -0.2) is 11.2 Å². The van der Waals surface area contributed by atoms with Crippen molar-refractivity contribution in [1.82, 2.24) is 5.12 Å². The van der Waals surface area contributed by atoms with Crippen LogP contribution in [0.5, 0.6) is 0 Å². The minimum Gasteiger partial charge on any atom is -0.198 e. The summed E-state index contributed by atoms with van der Waals surface area (Å²) >= 11 is 0. The van der Waals surface area contributed by atoms with Gasteiger partial charge in [0.2, 0.25) is 5.83 Å². The first-order valence-corrected chi connectivity index (χ1v) is 1.87. The zero-order valence-corrected chi connectivity index (χ0v) is 3.84. The highest BCUT2D eigenvalue weighted by atomic mass is 19.3. The minimum atomic E-state index is -4.38. The lowest BCUT2D eigenvalue weighted by molar-refractivity contribution is -0.250.